The van der Waals surface area contributed by atoms with Crippen molar-refractivity contribution in [2.75, 3.05) is 5.75 Å². The van der Waals surface area contributed by atoms with Gasteiger partial charge in [0.1, 0.15) is 0 Å². The molecule has 0 radical (unpaired) electrons. The Morgan fingerprint density at radius 3 is 1.47 bits per heavy atom. The van der Waals surface area contributed by atoms with Gasteiger partial charge < -0.3 is 5.48 Å². The van der Waals surface area contributed by atoms with Crippen LogP contribution in [-0.4, -0.2) is 24.2 Å². The molecule has 0 unspecified atom stereocenters. The molecule has 0 fully saturated rings. The van der Waals surface area contributed by atoms with Crippen LogP contribution in [0.1, 0.15) is 71.1 Å². The topological polar surface area (TPSA) is 85.9 Å². The molecule has 0 aromatic heterocycles. The van der Waals surface area contributed by atoms with Crippen LogP contribution in [-0.2, 0) is 10.1 Å². The second kappa shape index (κ2) is 12.3. The first-order chi connectivity index (χ1) is 7.56. The highest BCUT2D eigenvalue weighted by Crippen LogP contribution is 2.10. The van der Waals surface area contributed by atoms with Crippen LogP contribution >= 0.6 is 0 Å². The predicted octanol–water partition coefficient (Wildman–Crippen LogP) is 2.97. The van der Waals surface area contributed by atoms with Gasteiger partial charge in [0.2, 0.25) is 0 Å². The van der Waals surface area contributed by atoms with Gasteiger partial charge >= 0.3 is 0 Å². The first-order valence-electron chi connectivity index (χ1n) is 6.51. The number of hydrogen-bond acceptors (Lipinski definition) is 2. The molecule has 0 aliphatic heterocycles. The van der Waals surface area contributed by atoms with Crippen molar-refractivity contribution in [3.8, 4) is 0 Å². The van der Waals surface area contributed by atoms with Crippen molar-refractivity contribution in [1.82, 2.24) is 0 Å². The average molecular weight is 268 g/mol. The van der Waals surface area contributed by atoms with Crippen LogP contribution in [0.2, 0.25) is 0 Å². The first kappa shape index (κ1) is 19.2. The van der Waals surface area contributed by atoms with E-state index in [0.717, 1.165) is 12.8 Å². The monoisotopic (exact) mass is 268 g/mol. The minimum Gasteiger partial charge on any atom is -0.412 e. The first-order valence-corrected chi connectivity index (χ1v) is 8.12. The van der Waals surface area contributed by atoms with Crippen molar-refractivity contribution in [3.63, 3.8) is 0 Å². The Bertz CT molecular complexity index is 237. The third-order valence-electron chi connectivity index (χ3n) is 2.76. The van der Waals surface area contributed by atoms with Crippen LogP contribution in [0, 0.1) is 0 Å². The molecule has 0 atom stereocenters. The summed E-state index contributed by atoms with van der Waals surface area (Å²) in [5.41, 5.74) is 0. The van der Waals surface area contributed by atoms with E-state index >= 15 is 0 Å². The van der Waals surface area contributed by atoms with Crippen molar-refractivity contribution < 1.29 is 18.4 Å². The molecule has 0 bridgehead atoms. The van der Waals surface area contributed by atoms with E-state index in [1.165, 1.54) is 44.9 Å². The van der Waals surface area contributed by atoms with Crippen molar-refractivity contribution in [1.29, 1.82) is 0 Å². The van der Waals surface area contributed by atoms with E-state index in [0.29, 0.717) is 6.42 Å². The lowest BCUT2D eigenvalue weighted by Crippen LogP contribution is -2.03. The molecule has 0 heterocycles. The van der Waals surface area contributed by atoms with Crippen molar-refractivity contribution in [3.05, 3.63) is 0 Å². The van der Waals surface area contributed by atoms with E-state index in [1.807, 2.05) is 0 Å². The van der Waals surface area contributed by atoms with Crippen molar-refractivity contribution in [2.24, 2.45) is 0 Å². The van der Waals surface area contributed by atoms with Crippen LogP contribution in [0.15, 0.2) is 0 Å². The average Bonchev–Trinajstić information content (AvgIpc) is 2.19. The molecule has 17 heavy (non-hydrogen) atoms. The summed E-state index contributed by atoms with van der Waals surface area (Å²) in [5.74, 6) is -0.0799. The lowest BCUT2D eigenvalue weighted by molar-refractivity contribution is 0.478. The summed E-state index contributed by atoms with van der Waals surface area (Å²) >= 11 is 0. The highest BCUT2D eigenvalue weighted by atomic mass is 32.2. The largest absolute Gasteiger partial charge is 0.412 e. The van der Waals surface area contributed by atoms with Gasteiger partial charge in [0.05, 0.1) is 5.75 Å². The highest BCUT2D eigenvalue weighted by Gasteiger charge is 2.02. The second-order valence-electron chi connectivity index (χ2n) is 4.47. The van der Waals surface area contributed by atoms with Crippen molar-refractivity contribution in [2.45, 2.75) is 71.1 Å². The van der Waals surface area contributed by atoms with Gasteiger partial charge in [0.15, 0.2) is 0 Å². The summed E-state index contributed by atoms with van der Waals surface area (Å²) < 4.78 is 29.4. The standard InChI is InChI=1S/C12H26O3S.H2O/c1-2-3-4-5-6-7-8-9-10-11-12-16(13,14)15;/h2-12H2,1H3,(H,13,14,15);1H2. The van der Waals surface area contributed by atoms with E-state index in [1.54, 1.807) is 0 Å². The molecular weight excluding hydrogens is 240 g/mol. The molecule has 5 heteroatoms. The zero-order valence-electron chi connectivity index (χ0n) is 11.0. The van der Waals surface area contributed by atoms with Crippen LogP contribution in [0.5, 0.6) is 0 Å². The van der Waals surface area contributed by atoms with Crippen LogP contribution in [0.4, 0.5) is 0 Å². The van der Waals surface area contributed by atoms with Gasteiger partial charge in [0.25, 0.3) is 10.1 Å². The molecule has 3 N–H and O–H groups in total. The Morgan fingerprint density at radius 1 is 0.765 bits per heavy atom. The molecule has 0 saturated heterocycles. The molecular formula is C12H28O4S. The van der Waals surface area contributed by atoms with Crippen LogP contribution < -0.4 is 0 Å². The van der Waals surface area contributed by atoms with Gasteiger partial charge in [-0.1, -0.05) is 64.7 Å². The molecule has 0 saturated carbocycles. The molecule has 0 amide bonds. The van der Waals surface area contributed by atoms with Crippen molar-refractivity contribution >= 4 is 10.1 Å². The van der Waals surface area contributed by atoms with Crippen LogP contribution in [0.3, 0.4) is 0 Å². The third-order valence-corrected chi connectivity index (χ3v) is 3.56. The summed E-state index contributed by atoms with van der Waals surface area (Å²) in [5, 5.41) is 0. The Hall–Kier alpha value is -0.130. The molecule has 0 aromatic carbocycles. The minimum atomic E-state index is -3.73. The fourth-order valence-corrected chi connectivity index (χ4v) is 2.34. The molecule has 0 aliphatic rings. The smallest absolute Gasteiger partial charge is 0.264 e. The molecule has 0 aliphatic carbocycles. The Morgan fingerprint density at radius 2 is 1.12 bits per heavy atom. The van der Waals surface area contributed by atoms with E-state index in [-0.39, 0.29) is 11.2 Å². The van der Waals surface area contributed by atoms with Gasteiger partial charge in [-0.05, 0) is 6.42 Å². The summed E-state index contributed by atoms with van der Waals surface area (Å²) in [4.78, 5) is 0. The number of unbranched alkanes of at least 4 members (excludes halogenated alkanes) is 9. The zero-order chi connectivity index (χ0) is 12.3. The molecule has 4 nitrogen and oxygen atoms in total. The van der Waals surface area contributed by atoms with Gasteiger partial charge in [-0.15, -0.1) is 0 Å². The quantitative estimate of drug-likeness (QED) is 0.461. The van der Waals surface area contributed by atoms with Gasteiger partial charge in [-0.3, -0.25) is 4.55 Å². The Balaban J connectivity index is 0. The summed E-state index contributed by atoms with van der Waals surface area (Å²) in [6.07, 6.45) is 11.7. The zero-order valence-corrected chi connectivity index (χ0v) is 11.8. The lowest BCUT2D eigenvalue weighted by Gasteiger charge is -2.01. The van der Waals surface area contributed by atoms with E-state index in [9.17, 15) is 8.42 Å². The SMILES string of the molecule is CCCCCCCCCCCCS(=O)(=O)O.O. The fourth-order valence-electron chi connectivity index (χ4n) is 1.77. The van der Waals surface area contributed by atoms with E-state index < -0.39 is 10.1 Å². The maximum atomic E-state index is 10.4. The lowest BCUT2D eigenvalue weighted by atomic mass is 10.1. The predicted molar refractivity (Wildman–Crippen MR) is 71.9 cm³/mol. The number of rotatable bonds is 11. The Labute approximate surface area is 106 Å². The molecule has 0 spiro atoms. The maximum absolute atomic E-state index is 10.4. The van der Waals surface area contributed by atoms with E-state index in [2.05, 4.69) is 6.92 Å². The highest BCUT2D eigenvalue weighted by molar-refractivity contribution is 7.85. The molecule has 106 valence electrons. The van der Waals surface area contributed by atoms with Crippen LogP contribution in [0.25, 0.3) is 0 Å². The summed E-state index contributed by atoms with van der Waals surface area (Å²) in [6.45, 7) is 2.22. The fraction of sp³-hybridized carbons (Fsp3) is 1.00. The van der Waals surface area contributed by atoms with Gasteiger partial charge in [-0.25, -0.2) is 0 Å². The summed E-state index contributed by atoms with van der Waals surface area (Å²) in [7, 11) is -3.73. The normalized spacial score (nSPS) is 11.2. The Kier molecular flexibility index (Phi) is 13.9. The molecule has 0 aromatic rings. The summed E-state index contributed by atoms with van der Waals surface area (Å²) in [6, 6.07) is 0. The van der Waals surface area contributed by atoms with E-state index in [4.69, 9.17) is 4.55 Å². The number of hydrogen-bond donors (Lipinski definition) is 1. The molecule has 0 rings (SSSR count). The minimum absolute atomic E-state index is 0. The van der Waals surface area contributed by atoms with Gasteiger partial charge in [-0.2, -0.15) is 8.42 Å². The second-order valence-corrected chi connectivity index (χ2v) is 6.04. The van der Waals surface area contributed by atoms with Gasteiger partial charge in [0, 0.05) is 0 Å². The third kappa shape index (κ3) is 18.4. The maximum Gasteiger partial charge on any atom is 0.264 e.